The van der Waals surface area contributed by atoms with Crippen LogP contribution in [0, 0.1) is 0 Å². The fourth-order valence-corrected chi connectivity index (χ4v) is 6.76. The van der Waals surface area contributed by atoms with Gasteiger partial charge in [-0.2, -0.15) is 0 Å². The van der Waals surface area contributed by atoms with Crippen molar-refractivity contribution in [1.82, 2.24) is 0 Å². The lowest BCUT2D eigenvalue weighted by Crippen LogP contribution is -1.92. The standard InChI is InChI=1S/C13H15NOS2.C13H13NOS2/c2*1-15-11-4-8-13(9-5-11)17-16-12-6-2-10(14)3-7-12/h2-4,6-8H,5,9,14H2,1H3;2-9H,14H2,1H3. The largest absolute Gasteiger partial charge is 0.501 e. The maximum absolute atomic E-state index is 5.65. The van der Waals surface area contributed by atoms with E-state index in [4.69, 9.17) is 20.9 Å². The number of hydrogen-bond donors (Lipinski definition) is 2. The molecule has 34 heavy (non-hydrogen) atoms. The third-order valence-electron chi connectivity index (χ3n) is 4.63. The van der Waals surface area contributed by atoms with Crippen molar-refractivity contribution < 1.29 is 9.47 Å². The quantitative estimate of drug-likeness (QED) is 0.223. The Morgan fingerprint density at radius 2 is 1.03 bits per heavy atom. The molecular formula is C26H28N2O2S4. The lowest BCUT2D eigenvalue weighted by molar-refractivity contribution is 0.276. The van der Waals surface area contributed by atoms with Crippen molar-refractivity contribution in [2.45, 2.75) is 27.5 Å². The molecule has 0 atom stereocenters. The van der Waals surface area contributed by atoms with Crippen molar-refractivity contribution in [2.24, 2.45) is 0 Å². The molecule has 178 valence electrons. The Balaban J connectivity index is 0.000000191. The average Bonchev–Trinajstić information content (AvgIpc) is 2.89. The molecule has 4 N–H and O–H groups in total. The molecule has 1 aliphatic rings. The SMILES string of the molecule is COC1=CC=C(SSc2ccc(N)cc2)CC1.COc1ccc(SSc2ccc(N)cc2)cc1. The molecule has 0 spiro atoms. The first-order chi connectivity index (χ1) is 16.6. The van der Waals surface area contributed by atoms with Gasteiger partial charge >= 0.3 is 0 Å². The third kappa shape index (κ3) is 9.18. The molecule has 1 aliphatic carbocycles. The molecule has 3 aromatic carbocycles. The lowest BCUT2D eigenvalue weighted by Gasteiger charge is -2.12. The van der Waals surface area contributed by atoms with Gasteiger partial charge in [-0.1, -0.05) is 43.2 Å². The number of nitrogen functional groups attached to an aromatic ring is 2. The molecule has 0 saturated carbocycles. The van der Waals surface area contributed by atoms with E-state index in [2.05, 4.69) is 12.2 Å². The zero-order valence-corrected chi connectivity index (χ0v) is 22.4. The van der Waals surface area contributed by atoms with Crippen molar-refractivity contribution in [2.75, 3.05) is 25.7 Å². The second-order valence-corrected chi connectivity index (χ2v) is 11.7. The minimum Gasteiger partial charge on any atom is -0.501 e. The zero-order valence-electron chi connectivity index (χ0n) is 19.1. The van der Waals surface area contributed by atoms with Crippen LogP contribution >= 0.6 is 43.2 Å². The highest BCUT2D eigenvalue weighted by Gasteiger charge is 2.07. The van der Waals surface area contributed by atoms with E-state index in [0.717, 1.165) is 35.7 Å². The van der Waals surface area contributed by atoms with Crippen molar-refractivity contribution in [3.63, 3.8) is 0 Å². The summed E-state index contributed by atoms with van der Waals surface area (Å²) in [5.74, 6) is 1.94. The number of benzene rings is 3. The molecule has 4 nitrogen and oxygen atoms in total. The monoisotopic (exact) mass is 528 g/mol. The first-order valence-corrected chi connectivity index (χ1v) is 14.8. The molecular weight excluding hydrogens is 501 g/mol. The van der Waals surface area contributed by atoms with Gasteiger partial charge in [-0.3, -0.25) is 0 Å². The Morgan fingerprint density at radius 3 is 1.44 bits per heavy atom. The predicted molar refractivity (Wildman–Crippen MR) is 152 cm³/mol. The molecule has 0 aliphatic heterocycles. The minimum absolute atomic E-state index is 0.795. The molecule has 0 radical (unpaired) electrons. The summed E-state index contributed by atoms with van der Waals surface area (Å²) in [7, 11) is 10.4. The van der Waals surface area contributed by atoms with Gasteiger partial charge in [0.25, 0.3) is 0 Å². The van der Waals surface area contributed by atoms with Crippen LogP contribution in [0.5, 0.6) is 5.75 Å². The number of rotatable bonds is 8. The summed E-state index contributed by atoms with van der Waals surface area (Å²) >= 11 is 0. The van der Waals surface area contributed by atoms with Gasteiger partial charge in [0.15, 0.2) is 0 Å². The van der Waals surface area contributed by atoms with Crippen LogP contribution in [0.4, 0.5) is 11.4 Å². The number of anilines is 2. The zero-order chi connectivity index (χ0) is 24.2. The van der Waals surface area contributed by atoms with Crippen LogP contribution in [0.1, 0.15) is 12.8 Å². The first-order valence-electron chi connectivity index (χ1n) is 10.5. The molecule has 0 fully saturated rings. The van der Waals surface area contributed by atoms with Gasteiger partial charge in [0.1, 0.15) is 5.75 Å². The van der Waals surface area contributed by atoms with Crippen molar-refractivity contribution in [1.29, 1.82) is 0 Å². The molecule has 0 amide bonds. The van der Waals surface area contributed by atoms with E-state index in [1.165, 1.54) is 19.6 Å². The topological polar surface area (TPSA) is 70.5 Å². The van der Waals surface area contributed by atoms with Gasteiger partial charge in [0, 0.05) is 32.5 Å². The highest BCUT2D eigenvalue weighted by molar-refractivity contribution is 8.78. The van der Waals surface area contributed by atoms with Gasteiger partial charge in [-0.05, 0) is 96.3 Å². The van der Waals surface area contributed by atoms with E-state index in [0.29, 0.717) is 0 Å². The van der Waals surface area contributed by atoms with Crippen LogP contribution in [0.25, 0.3) is 0 Å². The second kappa shape index (κ2) is 14.2. The van der Waals surface area contributed by atoms with Crippen LogP contribution in [0.3, 0.4) is 0 Å². The van der Waals surface area contributed by atoms with E-state index in [1.807, 2.05) is 72.8 Å². The Bertz CT molecular complexity index is 1080. The van der Waals surface area contributed by atoms with Gasteiger partial charge in [0.2, 0.25) is 0 Å². The van der Waals surface area contributed by atoms with E-state index in [-0.39, 0.29) is 0 Å². The number of methoxy groups -OCH3 is 2. The van der Waals surface area contributed by atoms with Gasteiger partial charge in [-0.25, -0.2) is 0 Å². The predicted octanol–water partition coefficient (Wildman–Crippen LogP) is 8.29. The highest BCUT2D eigenvalue weighted by Crippen LogP contribution is 2.41. The van der Waals surface area contributed by atoms with Crippen molar-refractivity contribution in [3.05, 3.63) is 95.6 Å². The fourth-order valence-electron chi connectivity index (χ4n) is 2.71. The first kappa shape index (κ1) is 26.3. The second-order valence-electron chi connectivity index (χ2n) is 7.12. The Hall–Kier alpha value is -2.26. The molecule has 0 bridgehead atoms. The van der Waals surface area contributed by atoms with Gasteiger partial charge < -0.3 is 20.9 Å². The molecule has 4 rings (SSSR count). The van der Waals surface area contributed by atoms with Crippen LogP contribution < -0.4 is 16.2 Å². The molecule has 0 saturated heterocycles. The lowest BCUT2D eigenvalue weighted by atomic mass is 10.2. The molecule has 8 heteroatoms. The van der Waals surface area contributed by atoms with Crippen LogP contribution in [0.15, 0.2) is 110 Å². The van der Waals surface area contributed by atoms with E-state index >= 15 is 0 Å². The van der Waals surface area contributed by atoms with Crippen molar-refractivity contribution in [3.8, 4) is 5.75 Å². The summed E-state index contributed by atoms with van der Waals surface area (Å²) < 4.78 is 10.3. The van der Waals surface area contributed by atoms with Crippen LogP contribution in [-0.4, -0.2) is 14.2 Å². The van der Waals surface area contributed by atoms with Gasteiger partial charge in [0.05, 0.1) is 20.0 Å². The summed E-state index contributed by atoms with van der Waals surface area (Å²) in [6, 6.07) is 23.9. The molecule has 0 unspecified atom stereocenters. The summed E-state index contributed by atoms with van der Waals surface area (Å²) in [6.45, 7) is 0. The van der Waals surface area contributed by atoms with Crippen LogP contribution in [-0.2, 0) is 4.74 Å². The van der Waals surface area contributed by atoms with E-state index < -0.39 is 0 Å². The maximum atomic E-state index is 5.65. The Kier molecular flexibility index (Phi) is 11.0. The average molecular weight is 529 g/mol. The number of hydrogen-bond acceptors (Lipinski definition) is 8. The van der Waals surface area contributed by atoms with E-state index in [1.54, 1.807) is 57.4 Å². The van der Waals surface area contributed by atoms with Gasteiger partial charge in [-0.15, -0.1) is 0 Å². The number of nitrogens with two attached hydrogens (primary N) is 2. The Labute approximate surface area is 217 Å². The third-order valence-corrected chi connectivity index (χ3v) is 9.62. The fraction of sp³-hybridized carbons (Fsp3) is 0.154. The number of ether oxygens (including phenoxy) is 2. The molecule has 0 aromatic heterocycles. The Morgan fingerprint density at radius 1 is 0.559 bits per heavy atom. The smallest absolute Gasteiger partial charge is 0.118 e. The summed E-state index contributed by atoms with van der Waals surface area (Å²) in [5, 5.41) is 0. The maximum Gasteiger partial charge on any atom is 0.118 e. The highest BCUT2D eigenvalue weighted by atomic mass is 33.1. The normalized spacial score (nSPS) is 12.6. The summed E-state index contributed by atoms with van der Waals surface area (Å²) in [4.78, 5) is 5.01. The van der Waals surface area contributed by atoms with E-state index in [9.17, 15) is 0 Å². The molecule has 3 aromatic rings. The van der Waals surface area contributed by atoms with Crippen molar-refractivity contribution >= 4 is 54.6 Å². The number of allylic oxidation sites excluding steroid dienone is 4. The van der Waals surface area contributed by atoms with Crippen LogP contribution in [0.2, 0.25) is 0 Å². The summed E-state index contributed by atoms with van der Waals surface area (Å²) in [5.41, 5.74) is 12.9. The minimum atomic E-state index is 0.795. The summed E-state index contributed by atoms with van der Waals surface area (Å²) in [6.07, 6.45) is 6.25. The molecule has 0 heterocycles.